The molecule has 0 saturated carbocycles. The zero-order valence-electron chi connectivity index (χ0n) is 7.54. The van der Waals surface area contributed by atoms with Gasteiger partial charge in [-0.15, -0.1) is 0 Å². The van der Waals surface area contributed by atoms with E-state index in [0.717, 1.165) is 5.82 Å². The summed E-state index contributed by atoms with van der Waals surface area (Å²) in [4.78, 5) is 4.06. The monoisotopic (exact) mass is 243 g/mol. The molecule has 0 aliphatic carbocycles. The molecule has 13 heavy (non-hydrogen) atoms. The van der Waals surface area contributed by atoms with Crippen molar-refractivity contribution in [1.29, 1.82) is 5.26 Å². The average molecular weight is 244 g/mol. The molecule has 0 N–H and O–H groups in total. The summed E-state index contributed by atoms with van der Waals surface area (Å²) >= 11 is 3.29. The highest BCUT2D eigenvalue weighted by molar-refractivity contribution is 9.10. The highest BCUT2D eigenvalue weighted by Gasteiger charge is 2.10. The topological polar surface area (TPSA) is 50.8 Å². The van der Waals surface area contributed by atoms with Crippen LogP contribution in [0.4, 0.5) is 0 Å². The summed E-state index contributed by atoms with van der Waals surface area (Å²) < 4.78 is 7.71. The number of rotatable bonds is 3. The fourth-order valence-corrected chi connectivity index (χ4v) is 1.48. The van der Waals surface area contributed by atoms with E-state index < -0.39 is 0 Å². The third-order valence-electron chi connectivity index (χ3n) is 1.63. The van der Waals surface area contributed by atoms with E-state index >= 15 is 0 Å². The average Bonchev–Trinajstić information content (AvgIpc) is 2.39. The van der Waals surface area contributed by atoms with Crippen LogP contribution in [0.2, 0.25) is 0 Å². The van der Waals surface area contributed by atoms with Gasteiger partial charge in [-0.1, -0.05) is 0 Å². The van der Waals surface area contributed by atoms with Crippen molar-refractivity contribution in [3.05, 3.63) is 16.1 Å². The summed E-state index contributed by atoms with van der Waals surface area (Å²) in [6.45, 7) is 4.83. The van der Waals surface area contributed by atoms with Crippen molar-refractivity contribution >= 4 is 15.9 Å². The molecule has 0 saturated heterocycles. The largest absolute Gasteiger partial charge is 0.361 e. The minimum Gasteiger partial charge on any atom is -0.361 e. The first-order valence-electron chi connectivity index (χ1n) is 3.91. The van der Waals surface area contributed by atoms with Gasteiger partial charge in [-0.25, -0.2) is 4.98 Å². The Bertz CT molecular complexity index is 340. The number of aryl methyl sites for hydroxylation is 1. The third-order valence-corrected chi connectivity index (χ3v) is 2.43. The molecule has 0 amide bonds. The number of nitrogens with zero attached hydrogens (tertiary/aromatic N) is 3. The molecule has 1 aromatic heterocycles. The summed E-state index contributed by atoms with van der Waals surface area (Å²) in [6.07, 6.45) is 0. The van der Waals surface area contributed by atoms with E-state index in [-0.39, 0.29) is 0 Å². The molecular weight excluding hydrogens is 234 g/mol. The molecule has 0 unspecified atom stereocenters. The van der Waals surface area contributed by atoms with Crippen molar-refractivity contribution < 1.29 is 4.74 Å². The van der Waals surface area contributed by atoms with Crippen molar-refractivity contribution in [3.8, 4) is 6.07 Å². The van der Waals surface area contributed by atoms with Gasteiger partial charge in [-0.2, -0.15) is 5.26 Å². The normalized spacial score (nSPS) is 10.0. The Morgan fingerprint density at radius 3 is 2.85 bits per heavy atom. The van der Waals surface area contributed by atoms with Crippen LogP contribution < -0.4 is 0 Å². The maximum absolute atomic E-state index is 8.68. The molecule has 0 fully saturated rings. The Kier molecular flexibility index (Phi) is 3.46. The number of hydrogen-bond acceptors (Lipinski definition) is 3. The lowest BCUT2D eigenvalue weighted by Gasteiger charge is -2.05. The first kappa shape index (κ1) is 10.2. The van der Waals surface area contributed by atoms with Crippen molar-refractivity contribution in [2.75, 3.05) is 6.61 Å². The smallest absolute Gasteiger partial charge is 0.173 e. The van der Waals surface area contributed by atoms with Crippen molar-refractivity contribution in [2.45, 2.75) is 20.6 Å². The molecule has 70 valence electrons. The van der Waals surface area contributed by atoms with Crippen molar-refractivity contribution in [3.63, 3.8) is 0 Å². The van der Waals surface area contributed by atoms with Crippen LogP contribution in [0.5, 0.6) is 0 Å². The predicted octanol–water partition coefficient (Wildman–Crippen LogP) is 1.82. The van der Waals surface area contributed by atoms with E-state index in [1.54, 1.807) is 0 Å². The van der Waals surface area contributed by atoms with E-state index in [1.807, 2.05) is 24.5 Å². The summed E-state index contributed by atoms with van der Waals surface area (Å²) in [7, 11) is 0. The van der Waals surface area contributed by atoms with E-state index in [9.17, 15) is 0 Å². The van der Waals surface area contributed by atoms with E-state index in [2.05, 4.69) is 20.9 Å². The van der Waals surface area contributed by atoms with Crippen molar-refractivity contribution in [1.82, 2.24) is 9.55 Å². The van der Waals surface area contributed by atoms with Gasteiger partial charge < -0.3 is 4.74 Å². The van der Waals surface area contributed by atoms with E-state index in [0.29, 0.717) is 23.6 Å². The zero-order valence-corrected chi connectivity index (χ0v) is 9.13. The number of imidazole rings is 1. The van der Waals surface area contributed by atoms with Crippen LogP contribution in [0.15, 0.2) is 4.60 Å². The summed E-state index contributed by atoms with van der Waals surface area (Å²) in [5, 5.41) is 8.68. The molecular formula is C8H10BrN3O. The van der Waals surface area contributed by atoms with Crippen LogP contribution in [-0.2, 0) is 11.5 Å². The zero-order chi connectivity index (χ0) is 9.84. The lowest BCUT2D eigenvalue weighted by molar-refractivity contribution is 0.0849. The maximum Gasteiger partial charge on any atom is 0.173 e. The summed E-state index contributed by atoms with van der Waals surface area (Å²) in [6, 6.07) is 2.00. The highest BCUT2D eigenvalue weighted by atomic mass is 79.9. The molecule has 0 spiro atoms. The molecule has 5 heteroatoms. The second kappa shape index (κ2) is 4.40. The molecule has 0 aromatic carbocycles. The van der Waals surface area contributed by atoms with Gasteiger partial charge in [0.2, 0.25) is 0 Å². The standard InChI is InChI=1S/C8H10BrN3O/c1-3-13-5-12-6(2)11-7(4-10)8(12)9/h3,5H2,1-2H3. The lowest BCUT2D eigenvalue weighted by Crippen LogP contribution is -2.04. The van der Waals surface area contributed by atoms with Crippen LogP contribution >= 0.6 is 15.9 Å². The quantitative estimate of drug-likeness (QED) is 0.814. The van der Waals surface area contributed by atoms with Gasteiger partial charge >= 0.3 is 0 Å². The molecule has 1 rings (SSSR count). The Hall–Kier alpha value is -0.860. The van der Waals surface area contributed by atoms with Crippen LogP contribution in [0.1, 0.15) is 18.4 Å². The number of ether oxygens (including phenoxy) is 1. The van der Waals surface area contributed by atoms with Gasteiger partial charge in [0.15, 0.2) is 5.69 Å². The first-order valence-corrected chi connectivity index (χ1v) is 4.70. The highest BCUT2D eigenvalue weighted by Crippen LogP contribution is 2.17. The summed E-state index contributed by atoms with van der Waals surface area (Å²) in [5.74, 6) is 0.775. The Morgan fingerprint density at radius 2 is 2.38 bits per heavy atom. The van der Waals surface area contributed by atoms with E-state index in [1.165, 1.54) is 0 Å². The Morgan fingerprint density at radius 1 is 1.69 bits per heavy atom. The minimum atomic E-state index is 0.400. The maximum atomic E-state index is 8.68. The van der Waals surface area contributed by atoms with Gasteiger partial charge in [0, 0.05) is 6.61 Å². The number of hydrogen-bond donors (Lipinski definition) is 0. The lowest BCUT2D eigenvalue weighted by atomic mass is 10.5. The van der Waals surface area contributed by atoms with Gasteiger partial charge in [0.25, 0.3) is 0 Å². The molecule has 0 atom stereocenters. The van der Waals surface area contributed by atoms with Gasteiger partial charge in [0.1, 0.15) is 23.2 Å². The van der Waals surface area contributed by atoms with Gasteiger partial charge in [-0.3, -0.25) is 4.57 Å². The fourth-order valence-electron chi connectivity index (χ4n) is 0.942. The molecule has 0 radical (unpaired) electrons. The van der Waals surface area contributed by atoms with Crippen LogP contribution in [-0.4, -0.2) is 16.2 Å². The summed E-state index contributed by atoms with van der Waals surface area (Å²) in [5.41, 5.74) is 0.400. The second-order valence-corrected chi connectivity index (χ2v) is 3.21. The number of aromatic nitrogens is 2. The third kappa shape index (κ3) is 2.08. The van der Waals surface area contributed by atoms with Crippen LogP contribution in [0, 0.1) is 18.3 Å². The van der Waals surface area contributed by atoms with Crippen molar-refractivity contribution in [2.24, 2.45) is 0 Å². The Labute approximate surface area is 85.3 Å². The number of nitriles is 1. The molecule has 1 heterocycles. The molecule has 0 aliphatic rings. The SMILES string of the molecule is CCOCn1c(C)nc(C#N)c1Br. The number of halogens is 1. The Balaban J connectivity index is 2.94. The van der Waals surface area contributed by atoms with E-state index in [4.69, 9.17) is 10.00 Å². The van der Waals surface area contributed by atoms with Crippen LogP contribution in [0.3, 0.4) is 0 Å². The molecule has 0 aliphatic heterocycles. The first-order chi connectivity index (χ1) is 6.20. The van der Waals surface area contributed by atoms with Gasteiger partial charge in [0.05, 0.1) is 0 Å². The predicted molar refractivity (Wildman–Crippen MR) is 51.0 cm³/mol. The fraction of sp³-hybridized carbons (Fsp3) is 0.500. The minimum absolute atomic E-state index is 0.400. The molecule has 4 nitrogen and oxygen atoms in total. The second-order valence-electron chi connectivity index (χ2n) is 2.46. The van der Waals surface area contributed by atoms with Crippen LogP contribution in [0.25, 0.3) is 0 Å². The van der Waals surface area contributed by atoms with Gasteiger partial charge in [-0.05, 0) is 29.8 Å². The molecule has 0 bridgehead atoms. The molecule has 1 aromatic rings.